The zero-order valence-corrected chi connectivity index (χ0v) is 14.1. The highest BCUT2D eigenvalue weighted by atomic mass is 79.9. The minimum Gasteiger partial charge on any atom is -0.307 e. The Morgan fingerprint density at radius 3 is 2.29 bits per heavy atom. The first-order chi connectivity index (χ1) is 10.2. The number of hydrogen-bond donors (Lipinski definition) is 1. The van der Waals surface area contributed by atoms with Crippen LogP contribution in [0.5, 0.6) is 0 Å². The Morgan fingerprint density at radius 2 is 1.71 bits per heavy atom. The van der Waals surface area contributed by atoms with Crippen molar-refractivity contribution in [3.05, 3.63) is 69.4 Å². The molecule has 0 aromatic heterocycles. The van der Waals surface area contributed by atoms with Crippen LogP contribution in [0.1, 0.15) is 43.0 Å². The van der Waals surface area contributed by atoms with E-state index in [1.165, 1.54) is 11.1 Å². The smallest absolute Gasteiger partial charge is 0.137 e. The summed E-state index contributed by atoms with van der Waals surface area (Å²) in [5.41, 5.74) is 3.46. The van der Waals surface area contributed by atoms with E-state index in [0.717, 1.165) is 24.9 Å². The number of hydrogen-bond acceptors (Lipinski definition) is 1. The molecule has 2 aromatic rings. The van der Waals surface area contributed by atoms with Crippen LogP contribution in [0.2, 0.25) is 0 Å². The third-order valence-electron chi connectivity index (χ3n) is 3.54. The first-order valence-corrected chi connectivity index (χ1v) is 8.22. The molecule has 0 aliphatic heterocycles. The molecule has 3 heteroatoms. The van der Waals surface area contributed by atoms with E-state index < -0.39 is 0 Å². The normalized spacial score (nSPS) is 12.4. The van der Waals surface area contributed by atoms with E-state index >= 15 is 0 Å². The maximum absolute atomic E-state index is 13.8. The molecule has 0 bridgehead atoms. The SMILES string of the molecule is CCCc1ccc(C(NCC)c2ccc(Br)c(F)c2)cc1. The summed E-state index contributed by atoms with van der Waals surface area (Å²) in [4.78, 5) is 0. The lowest BCUT2D eigenvalue weighted by atomic mass is 9.97. The molecule has 1 N–H and O–H groups in total. The van der Waals surface area contributed by atoms with E-state index in [1.807, 2.05) is 6.07 Å². The van der Waals surface area contributed by atoms with Gasteiger partial charge in [0.2, 0.25) is 0 Å². The van der Waals surface area contributed by atoms with Crippen molar-refractivity contribution in [1.82, 2.24) is 5.32 Å². The summed E-state index contributed by atoms with van der Waals surface area (Å²) in [7, 11) is 0. The molecule has 0 aliphatic rings. The minimum atomic E-state index is -0.224. The van der Waals surface area contributed by atoms with Gasteiger partial charge in [-0.25, -0.2) is 4.39 Å². The van der Waals surface area contributed by atoms with E-state index in [4.69, 9.17) is 0 Å². The molecular weight excluding hydrogens is 329 g/mol. The standard InChI is InChI=1S/C18H21BrFN/c1-3-5-13-6-8-14(9-7-13)18(21-4-2)15-10-11-16(19)17(20)12-15/h6-12,18,21H,3-5H2,1-2H3. The molecule has 0 saturated heterocycles. The van der Waals surface area contributed by atoms with Gasteiger partial charge in [0.25, 0.3) is 0 Å². The fraction of sp³-hybridized carbons (Fsp3) is 0.333. The van der Waals surface area contributed by atoms with Crippen LogP contribution in [0.25, 0.3) is 0 Å². The van der Waals surface area contributed by atoms with Gasteiger partial charge in [-0.05, 0) is 57.7 Å². The first kappa shape index (κ1) is 16.2. The highest BCUT2D eigenvalue weighted by molar-refractivity contribution is 9.10. The van der Waals surface area contributed by atoms with Gasteiger partial charge >= 0.3 is 0 Å². The van der Waals surface area contributed by atoms with Crippen LogP contribution in [0.15, 0.2) is 46.9 Å². The fourth-order valence-corrected chi connectivity index (χ4v) is 2.74. The van der Waals surface area contributed by atoms with Crippen molar-refractivity contribution in [1.29, 1.82) is 0 Å². The Balaban J connectivity index is 2.31. The molecule has 0 spiro atoms. The van der Waals surface area contributed by atoms with Crippen LogP contribution in [0, 0.1) is 5.82 Å². The molecule has 2 aromatic carbocycles. The molecule has 0 amide bonds. The zero-order chi connectivity index (χ0) is 15.2. The lowest BCUT2D eigenvalue weighted by Gasteiger charge is -2.19. The van der Waals surface area contributed by atoms with E-state index in [0.29, 0.717) is 4.47 Å². The third kappa shape index (κ3) is 4.14. The molecule has 1 nitrogen and oxygen atoms in total. The summed E-state index contributed by atoms with van der Waals surface area (Å²) in [6.45, 7) is 5.08. The van der Waals surface area contributed by atoms with Crippen LogP contribution in [0.3, 0.4) is 0 Å². The number of aryl methyl sites for hydroxylation is 1. The molecule has 1 atom stereocenters. The Bertz CT molecular complexity index is 580. The number of nitrogens with one attached hydrogen (secondary N) is 1. The van der Waals surface area contributed by atoms with Crippen molar-refractivity contribution >= 4 is 15.9 Å². The molecule has 0 aliphatic carbocycles. The van der Waals surface area contributed by atoms with Crippen molar-refractivity contribution < 1.29 is 4.39 Å². The number of rotatable bonds is 6. The third-order valence-corrected chi connectivity index (χ3v) is 4.18. The van der Waals surface area contributed by atoms with E-state index in [1.54, 1.807) is 12.1 Å². The highest BCUT2D eigenvalue weighted by Crippen LogP contribution is 2.26. The fourth-order valence-electron chi connectivity index (χ4n) is 2.49. The molecule has 1 unspecified atom stereocenters. The quantitative estimate of drug-likeness (QED) is 0.751. The zero-order valence-electron chi connectivity index (χ0n) is 12.5. The number of benzene rings is 2. The van der Waals surface area contributed by atoms with Gasteiger partial charge in [-0.2, -0.15) is 0 Å². The van der Waals surface area contributed by atoms with Gasteiger partial charge in [0.1, 0.15) is 5.82 Å². The van der Waals surface area contributed by atoms with E-state index in [2.05, 4.69) is 59.4 Å². The van der Waals surface area contributed by atoms with Gasteiger partial charge in [-0.15, -0.1) is 0 Å². The largest absolute Gasteiger partial charge is 0.307 e. The topological polar surface area (TPSA) is 12.0 Å². The predicted octanol–water partition coefficient (Wildman–Crippen LogP) is 5.24. The van der Waals surface area contributed by atoms with Gasteiger partial charge in [0.05, 0.1) is 10.5 Å². The predicted molar refractivity (Wildman–Crippen MR) is 90.1 cm³/mol. The molecule has 21 heavy (non-hydrogen) atoms. The van der Waals surface area contributed by atoms with E-state index in [-0.39, 0.29) is 11.9 Å². The molecule has 112 valence electrons. The van der Waals surface area contributed by atoms with Crippen LogP contribution < -0.4 is 5.32 Å². The summed E-state index contributed by atoms with van der Waals surface area (Å²) in [6.07, 6.45) is 2.24. The molecule has 0 saturated carbocycles. The number of halogens is 2. The Morgan fingerprint density at radius 1 is 1.05 bits per heavy atom. The van der Waals surface area contributed by atoms with Gasteiger partial charge in [0.15, 0.2) is 0 Å². The van der Waals surface area contributed by atoms with E-state index in [9.17, 15) is 4.39 Å². The summed E-state index contributed by atoms with van der Waals surface area (Å²) < 4.78 is 14.3. The van der Waals surface area contributed by atoms with Crippen molar-refractivity contribution in [3.63, 3.8) is 0 Å². The summed E-state index contributed by atoms with van der Waals surface area (Å²) in [6, 6.07) is 13.9. The average Bonchev–Trinajstić information content (AvgIpc) is 2.49. The Kier molecular flexibility index (Phi) is 5.95. The Labute approximate surface area is 134 Å². The molecule has 2 rings (SSSR count). The summed E-state index contributed by atoms with van der Waals surface area (Å²) in [5.74, 6) is -0.224. The monoisotopic (exact) mass is 349 g/mol. The molecule has 0 heterocycles. The average molecular weight is 350 g/mol. The van der Waals surface area contributed by atoms with Gasteiger partial charge in [-0.3, -0.25) is 0 Å². The summed E-state index contributed by atoms with van der Waals surface area (Å²) in [5, 5.41) is 3.43. The van der Waals surface area contributed by atoms with Crippen LogP contribution in [0.4, 0.5) is 4.39 Å². The van der Waals surface area contributed by atoms with Crippen LogP contribution >= 0.6 is 15.9 Å². The lowest BCUT2D eigenvalue weighted by molar-refractivity contribution is 0.599. The van der Waals surface area contributed by atoms with Crippen molar-refractivity contribution in [2.75, 3.05) is 6.54 Å². The van der Waals surface area contributed by atoms with Crippen molar-refractivity contribution in [2.45, 2.75) is 32.7 Å². The Hall–Kier alpha value is -1.19. The first-order valence-electron chi connectivity index (χ1n) is 7.42. The summed E-state index contributed by atoms with van der Waals surface area (Å²) >= 11 is 3.21. The maximum Gasteiger partial charge on any atom is 0.137 e. The second kappa shape index (κ2) is 7.71. The molecule has 0 fully saturated rings. The van der Waals surface area contributed by atoms with Crippen molar-refractivity contribution in [3.8, 4) is 0 Å². The molecule has 0 radical (unpaired) electrons. The molecular formula is C18H21BrFN. The lowest BCUT2D eigenvalue weighted by Crippen LogP contribution is -2.22. The van der Waals surface area contributed by atoms with Gasteiger partial charge in [-0.1, -0.05) is 50.6 Å². The highest BCUT2D eigenvalue weighted by Gasteiger charge is 2.14. The second-order valence-electron chi connectivity index (χ2n) is 5.16. The van der Waals surface area contributed by atoms with Crippen LogP contribution in [-0.2, 0) is 6.42 Å². The second-order valence-corrected chi connectivity index (χ2v) is 6.01. The maximum atomic E-state index is 13.8. The van der Waals surface area contributed by atoms with Gasteiger partial charge in [0, 0.05) is 0 Å². The minimum absolute atomic E-state index is 0.0216. The van der Waals surface area contributed by atoms with Crippen LogP contribution in [-0.4, -0.2) is 6.54 Å². The van der Waals surface area contributed by atoms with Crippen molar-refractivity contribution in [2.24, 2.45) is 0 Å². The van der Waals surface area contributed by atoms with Gasteiger partial charge < -0.3 is 5.32 Å².